The fraction of sp³-hybridized carbons (Fsp3) is 0.214. The van der Waals surface area contributed by atoms with Crippen molar-refractivity contribution in [2.75, 3.05) is 0 Å². The maximum absolute atomic E-state index is 12.1. The standard InChI is InChI=1S/C14H12Cl2O2S/c1-7(8(2)17)3-12(18)14-5-9-4-10(15)11(16)6-13(9)19-14/h4-7,17H,2-3H2,1H3/t7-/m0/s1. The number of hydrogen-bond acceptors (Lipinski definition) is 3. The Morgan fingerprint density at radius 3 is 2.63 bits per heavy atom. The highest BCUT2D eigenvalue weighted by Gasteiger charge is 2.16. The minimum absolute atomic E-state index is 0.0175. The van der Waals surface area contributed by atoms with Crippen molar-refractivity contribution in [2.45, 2.75) is 13.3 Å². The molecular formula is C14H12Cl2O2S. The number of aliphatic hydroxyl groups excluding tert-OH is 1. The number of allylic oxidation sites excluding steroid dienone is 1. The predicted molar refractivity (Wildman–Crippen MR) is 81.7 cm³/mol. The number of fused-ring (bicyclic) bond motifs is 1. The van der Waals surface area contributed by atoms with Crippen molar-refractivity contribution in [3.63, 3.8) is 0 Å². The number of carbonyl (C=O) groups is 1. The van der Waals surface area contributed by atoms with Gasteiger partial charge in [-0.15, -0.1) is 11.3 Å². The molecule has 1 aromatic heterocycles. The molecule has 0 spiro atoms. The highest BCUT2D eigenvalue weighted by atomic mass is 35.5. The van der Waals surface area contributed by atoms with Gasteiger partial charge in [0, 0.05) is 17.0 Å². The van der Waals surface area contributed by atoms with Crippen LogP contribution in [0.4, 0.5) is 0 Å². The van der Waals surface area contributed by atoms with Crippen molar-refractivity contribution < 1.29 is 9.90 Å². The van der Waals surface area contributed by atoms with Crippen LogP contribution in [0.25, 0.3) is 10.1 Å². The molecule has 0 radical (unpaired) electrons. The summed E-state index contributed by atoms with van der Waals surface area (Å²) in [6.45, 7) is 5.20. The van der Waals surface area contributed by atoms with E-state index in [0.717, 1.165) is 10.1 Å². The first kappa shape index (κ1) is 14.4. The van der Waals surface area contributed by atoms with Gasteiger partial charge in [-0.3, -0.25) is 4.79 Å². The molecule has 1 N–H and O–H groups in total. The summed E-state index contributed by atoms with van der Waals surface area (Å²) in [6.07, 6.45) is 0.240. The highest BCUT2D eigenvalue weighted by molar-refractivity contribution is 7.20. The van der Waals surface area contributed by atoms with E-state index in [1.54, 1.807) is 25.1 Å². The second-order valence-corrected chi connectivity index (χ2v) is 6.33. The van der Waals surface area contributed by atoms with Gasteiger partial charge in [0.1, 0.15) is 0 Å². The summed E-state index contributed by atoms with van der Waals surface area (Å²) in [4.78, 5) is 12.7. The summed E-state index contributed by atoms with van der Waals surface area (Å²) < 4.78 is 0.924. The van der Waals surface area contributed by atoms with Crippen LogP contribution in [0.5, 0.6) is 0 Å². The van der Waals surface area contributed by atoms with E-state index in [4.69, 9.17) is 23.2 Å². The minimum Gasteiger partial charge on any atom is -0.513 e. The molecule has 1 heterocycles. The predicted octanol–water partition coefficient (Wildman–Crippen LogP) is 5.49. The molecule has 0 unspecified atom stereocenters. The van der Waals surface area contributed by atoms with Gasteiger partial charge in [-0.05, 0) is 23.6 Å². The zero-order chi connectivity index (χ0) is 14.2. The number of ketones is 1. The second-order valence-electron chi connectivity index (χ2n) is 4.43. The first-order valence-electron chi connectivity index (χ1n) is 5.68. The summed E-state index contributed by atoms with van der Waals surface area (Å²) in [6, 6.07) is 5.31. The van der Waals surface area contributed by atoms with Crippen LogP contribution in [0.2, 0.25) is 10.0 Å². The molecule has 0 amide bonds. The molecule has 0 aliphatic rings. The van der Waals surface area contributed by atoms with Crippen molar-refractivity contribution in [1.82, 2.24) is 0 Å². The summed E-state index contributed by atoms with van der Waals surface area (Å²) in [7, 11) is 0. The Bertz CT molecular complexity index is 622. The van der Waals surface area contributed by atoms with Crippen molar-refractivity contribution in [2.24, 2.45) is 5.92 Å². The average molecular weight is 315 g/mol. The van der Waals surface area contributed by atoms with Crippen LogP contribution in [0.15, 0.2) is 30.5 Å². The summed E-state index contributed by atoms with van der Waals surface area (Å²) >= 11 is 13.3. The Balaban J connectivity index is 2.31. The van der Waals surface area contributed by atoms with Crippen molar-refractivity contribution in [1.29, 1.82) is 0 Å². The van der Waals surface area contributed by atoms with Crippen molar-refractivity contribution >= 4 is 50.4 Å². The van der Waals surface area contributed by atoms with E-state index >= 15 is 0 Å². The van der Waals surface area contributed by atoms with Crippen LogP contribution < -0.4 is 0 Å². The van der Waals surface area contributed by atoms with E-state index in [2.05, 4.69) is 6.58 Å². The van der Waals surface area contributed by atoms with Gasteiger partial charge in [0.05, 0.1) is 20.7 Å². The molecule has 1 aromatic carbocycles. The third kappa shape index (κ3) is 3.11. The molecule has 1 atom stereocenters. The third-order valence-electron chi connectivity index (χ3n) is 2.89. The number of aliphatic hydroxyl groups is 1. The largest absolute Gasteiger partial charge is 0.513 e. The van der Waals surface area contributed by atoms with Gasteiger partial charge in [0.2, 0.25) is 0 Å². The number of benzene rings is 1. The van der Waals surface area contributed by atoms with Gasteiger partial charge in [-0.1, -0.05) is 36.7 Å². The van der Waals surface area contributed by atoms with Gasteiger partial charge >= 0.3 is 0 Å². The van der Waals surface area contributed by atoms with Gasteiger partial charge in [-0.25, -0.2) is 0 Å². The van der Waals surface area contributed by atoms with E-state index in [1.807, 2.05) is 0 Å². The fourth-order valence-electron chi connectivity index (χ4n) is 1.67. The van der Waals surface area contributed by atoms with Crippen molar-refractivity contribution in [3.05, 3.63) is 45.5 Å². The minimum atomic E-state index is -0.245. The van der Waals surface area contributed by atoms with Crippen LogP contribution in [-0.4, -0.2) is 10.9 Å². The third-order valence-corrected chi connectivity index (χ3v) is 4.76. The summed E-state index contributed by atoms with van der Waals surface area (Å²) in [5, 5.41) is 11.1. The number of carbonyl (C=O) groups excluding carboxylic acids is 1. The molecule has 2 nitrogen and oxygen atoms in total. The van der Waals surface area contributed by atoms with Crippen LogP contribution in [0, 0.1) is 5.92 Å². The van der Waals surface area contributed by atoms with Crippen LogP contribution in [-0.2, 0) is 0 Å². The van der Waals surface area contributed by atoms with Gasteiger partial charge in [-0.2, -0.15) is 0 Å². The van der Waals surface area contributed by atoms with Crippen LogP contribution in [0.3, 0.4) is 0 Å². The Labute approximate surface area is 125 Å². The van der Waals surface area contributed by atoms with E-state index in [0.29, 0.717) is 14.9 Å². The van der Waals surface area contributed by atoms with E-state index < -0.39 is 0 Å². The summed E-state index contributed by atoms with van der Waals surface area (Å²) in [5.74, 6) is -0.235. The molecule has 0 aliphatic heterocycles. The lowest BCUT2D eigenvalue weighted by molar-refractivity contribution is 0.0965. The molecule has 0 bridgehead atoms. The lowest BCUT2D eigenvalue weighted by Crippen LogP contribution is -2.06. The summed E-state index contributed by atoms with van der Waals surface area (Å²) in [5.41, 5.74) is 0. The molecule has 5 heteroatoms. The number of Topliss-reactive ketones (excluding diaryl/α,β-unsaturated/α-hetero) is 1. The van der Waals surface area contributed by atoms with Gasteiger partial charge < -0.3 is 5.11 Å². The molecule has 0 saturated carbocycles. The molecule has 0 aliphatic carbocycles. The Morgan fingerprint density at radius 2 is 2.00 bits per heavy atom. The lowest BCUT2D eigenvalue weighted by atomic mass is 10.0. The van der Waals surface area contributed by atoms with Crippen LogP contribution >= 0.6 is 34.5 Å². The Morgan fingerprint density at radius 1 is 1.37 bits per heavy atom. The number of thiophene rings is 1. The van der Waals surface area contributed by atoms with E-state index in [9.17, 15) is 9.90 Å². The highest BCUT2D eigenvalue weighted by Crippen LogP contribution is 2.34. The molecular weight excluding hydrogens is 303 g/mol. The van der Waals surface area contributed by atoms with E-state index in [1.165, 1.54) is 11.3 Å². The van der Waals surface area contributed by atoms with Gasteiger partial charge in [0.25, 0.3) is 0 Å². The molecule has 2 rings (SSSR count). The first-order chi connectivity index (χ1) is 8.88. The smallest absolute Gasteiger partial charge is 0.173 e. The molecule has 0 saturated heterocycles. The molecule has 2 aromatic rings. The van der Waals surface area contributed by atoms with E-state index in [-0.39, 0.29) is 23.9 Å². The lowest BCUT2D eigenvalue weighted by Gasteiger charge is -2.06. The fourth-order valence-corrected chi connectivity index (χ4v) is 3.10. The number of halogens is 2. The molecule has 19 heavy (non-hydrogen) atoms. The topological polar surface area (TPSA) is 37.3 Å². The maximum Gasteiger partial charge on any atom is 0.173 e. The zero-order valence-electron chi connectivity index (χ0n) is 10.2. The quantitative estimate of drug-likeness (QED) is 0.598. The normalized spacial score (nSPS) is 12.6. The van der Waals surface area contributed by atoms with Crippen molar-refractivity contribution in [3.8, 4) is 0 Å². The Kier molecular flexibility index (Phi) is 4.19. The van der Waals surface area contributed by atoms with Crippen LogP contribution in [0.1, 0.15) is 23.0 Å². The first-order valence-corrected chi connectivity index (χ1v) is 7.25. The Hall–Kier alpha value is -1.03. The van der Waals surface area contributed by atoms with Gasteiger partial charge in [0.15, 0.2) is 5.78 Å². The molecule has 0 fully saturated rings. The number of rotatable bonds is 4. The number of hydrogen-bond donors (Lipinski definition) is 1. The monoisotopic (exact) mass is 314 g/mol. The SMILES string of the molecule is C=C(O)[C@@H](C)CC(=O)c1cc2cc(Cl)c(Cl)cc2s1. The maximum atomic E-state index is 12.1. The average Bonchev–Trinajstić information content (AvgIpc) is 2.72. The molecule has 100 valence electrons. The zero-order valence-corrected chi connectivity index (χ0v) is 12.6. The second kappa shape index (κ2) is 5.53.